The molecule has 6 heteroatoms. The highest BCUT2D eigenvalue weighted by Crippen LogP contribution is 2.18. The second kappa shape index (κ2) is 11.4. The van der Waals surface area contributed by atoms with Gasteiger partial charge in [-0.1, -0.05) is 51.1 Å². The highest BCUT2D eigenvalue weighted by Gasteiger charge is 2.22. The van der Waals surface area contributed by atoms with E-state index in [9.17, 15) is 9.59 Å². The minimum absolute atomic E-state index is 0.00141. The van der Waals surface area contributed by atoms with Crippen molar-refractivity contribution < 1.29 is 19.6 Å². The lowest BCUT2D eigenvalue weighted by Gasteiger charge is -2.22. The van der Waals surface area contributed by atoms with Crippen LogP contribution in [-0.2, 0) is 16.0 Å². The van der Waals surface area contributed by atoms with Gasteiger partial charge in [0.25, 0.3) is 5.91 Å². The summed E-state index contributed by atoms with van der Waals surface area (Å²) in [6.07, 6.45) is 1.01. The van der Waals surface area contributed by atoms with Crippen molar-refractivity contribution in [2.24, 2.45) is 5.92 Å². The number of anilines is 1. The summed E-state index contributed by atoms with van der Waals surface area (Å²) in [5.74, 6) is 0.728. The predicted molar refractivity (Wildman–Crippen MR) is 119 cm³/mol. The van der Waals surface area contributed by atoms with Crippen molar-refractivity contribution in [2.75, 3.05) is 32.6 Å². The SMILES string of the molecule is CCc1ccc([C@H]([NH2+]CC(=O)N(C)CC(=O)Nc2cccc(OC)c2)C(C)C)cc1. The van der Waals surface area contributed by atoms with E-state index < -0.39 is 0 Å². The molecule has 3 N–H and O–H groups in total. The Bertz CT molecular complexity index is 834. The van der Waals surface area contributed by atoms with Gasteiger partial charge in [-0.05, 0) is 24.1 Å². The van der Waals surface area contributed by atoms with Gasteiger partial charge in [0.2, 0.25) is 5.91 Å². The van der Waals surface area contributed by atoms with Crippen LogP contribution in [0.5, 0.6) is 5.75 Å². The van der Waals surface area contributed by atoms with Gasteiger partial charge in [0.05, 0.1) is 13.7 Å². The lowest BCUT2D eigenvalue weighted by atomic mass is 9.95. The van der Waals surface area contributed by atoms with E-state index in [-0.39, 0.29) is 24.4 Å². The fourth-order valence-corrected chi connectivity index (χ4v) is 3.36. The largest absolute Gasteiger partial charge is 0.497 e. The maximum absolute atomic E-state index is 12.6. The van der Waals surface area contributed by atoms with Gasteiger partial charge >= 0.3 is 0 Å². The van der Waals surface area contributed by atoms with E-state index in [1.807, 2.05) is 6.07 Å². The van der Waals surface area contributed by atoms with Crippen molar-refractivity contribution in [1.82, 2.24) is 4.90 Å². The third-order valence-electron chi connectivity index (χ3n) is 5.20. The third-order valence-corrected chi connectivity index (χ3v) is 5.20. The molecule has 0 aliphatic carbocycles. The van der Waals surface area contributed by atoms with Crippen LogP contribution in [0.15, 0.2) is 48.5 Å². The topological polar surface area (TPSA) is 75.2 Å². The molecule has 0 radical (unpaired) electrons. The molecule has 0 fully saturated rings. The Hall–Kier alpha value is -2.86. The van der Waals surface area contributed by atoms with Crippen LogP contribution in [0.4, 0.5) is 5.69 Å². The number of benzene rings is 2. The zero-order valence-corrected chi connectivity index (χ0v) is 18.6. The summed E-state index contributed by atoms with van der Waals surface area (Å²) in [5.41, 5.74) is 3.16. The number of hydrogen-bond acceptors (Lipinski definition) is 3. The van der Waals surface area contributed by atoms with Gasteiger partial charge in [-0.2, -0.15) is 0 Å². The average Bonchev–Trinajstić information content (AvgIpc) is 2.73. The van der Waals surface area contributed by atoms with Gasteiger partial charge in [0.15, 0.2) is 6.54 Å². The van der Waals surface area contributed by atoms with Crippen molar-refractivity contribution in [3.63, 3.8) is 0 Å². The molecule has 1 atom stereocenters. The Morgan fingerprint density at radius 3 is 2.43 bits per heavy atom. The van der Waals surface area contributed by atoms with E-state index in [0.29, 0.717) is 23.9 Å². The van der Waals surface area contributed by atoms with Crippen LogP contribution in [0.3, 0.4) is 0 Å². The van der Waals surface area contributed by atoms with Crippen molar-refractivity contribution in [2.45, 2.75) is 33.2 Å². The van der Waals surface area contributed by atoms with Crippen LogP contribution >= 0.6 is 0 Å². The third kappa shape index (κ3) is 6.88. The van der Waals surface area contributed by atoms with Crippen molar-refractivity contribution in [3.05, 3.63) is 59.7 Å². The summed E-state index contributed by atoms with van der Waals surface area (Å²) in [7, 11) is 3.23. The molecular weight excluding hydrogens is 378 g/mol. The fourth-order valence-electron chi connectivity index (χ4n) is 3.36. The number of nitrogens with zero attached hydrogens (tertiary/aromatic N) is 1. The molecule has 0 bridgehead atoms. The molecule has 0 saturated heterocycles. The van der Waals surface area contributed by atoms with E-state index in [1.54, 1.807) is 32.4 Å². The highest BCUT2D eigenvalue weighted by atomic mass is 16.5. The first-order valence-corrected chi connectivity index (χ1v) is 10.4. The molecule has 2 amide bonds. The smallest absolute Gasteiger partial charge is 0.277 e. The van der Waals surface area contributed by atoms with Crippen LogP contribution in [0, 0.1) is 5.92 Å². The first kappa shape index (κ1) is 23.4. The van der Waals surface area contributed by atoms with Crippen molar-refractivity contribution >= 4 is 17.5 Å². The monoisotopic (exact) mass is 412 g/mol. The number of methoxy groups -OCH3 is 1. The summed E-state index contributed by atoms with van der Waals surface area (Å²) < 4.78 is 5.16. The molecule has 2 aromatic carbocycles. The van der Waals surface area contributed by atoms with Gasteiger partial charge < -0.3 is 20.3 Å². The normalized spacial score (nSPS) is 11.8. The van der Waals surface area contributed by atoms with Crippen LogP contribution in [0.1, 0.15) is 37.9 Å². The number of hydrogen-bond donors (Lipinski definition) is 2. The number of carbonyl (C=O) groups excluding carboxylic acids is 2. The quantitative estimate of drug-likeness (QED) is 0.630. The lowest BCUT2D eigenvalue weighted by molar-refractivity contribution is -0.692. The number of nitrogens with one attached hydrogen (secondary N) is 1. The van der Waals surface area contributed by atoms with Crippen molar-refractivity contribution in [1.29, 1.82) is 0 Å². The zero-order chi connectivity index (χ0) is 22.1. The number of quaternary nitrogens is 1. The van der Waals surface area contributed by atoms with Crippen LogP contribution in [-0.4, -0.2) is 44.0 Å². The van der Waals surface area contributed by atoms with Gasteiger partial charge in [0.1, 0.15) is 11.8 Å². The predicted octanol–water partition coefficient (Wildman–Crippen LogP) is 2.62. The van der Waals surface area contributed by atoms with E-state index in [4.69, 9.17) is 4.74 Å². The first-order valence-electron chi connectivity index (χ1n) is 10.4. The summed E-state index contributed by atoms with van der Waals surface area (Å²) in [6, 6.07) is 15.9. The Kier molecular flexibility index (Phi) is 8.87. The van der Waals surface area contributed by atoms with Gasteiger partial charge in [0, 0.05) is 30.3 Å². The number of carbonyl (C=O) groups is 2. The molecule has 0 aliphatic rings. The molecule has 0 saturated carbocycles. The second-order valence-electron chi connectivity index (χ2n) is 7.83. The van der Waals surface area contributed by atoms with Gasteiger partial charge in [-0.15, -0.1) is 0 Å². The van der Waals surface area contributed by atoms with E-state index in [0.717, 1.165) is 6.42 Å². The number of nitrogens with two attached hydrogens (primary N) is 1. The maximum Gasteiger partial charge on any atom is 0.277 e. The Labute approximate surface area is 179 Å². The number of rotatable bonds is 10. The standard InChI is InChI=1S/C24H33N3O3/c1-6-18-10-12-19(13-11-18)24(17(2)3)25-15-23(29)27(4)16-22(28)26-20-8-7-9-21(14-20)30-5/h7-14,17,24-25H,6,15-16H2,1-5H3,(H,26,28)/p+1/t24-/m1/s1. The van der Waals surface area contributed by atoms with Crippen molar-refractivity contribution in [3.8, 4) is 5.75 Å². The minimum atomic E-state index is -0.241. The van der Waals surface area contributed by atoms with Gasteiger partial charge in [-0.3, -0.25) is 9.59 Å². The minimum Gasteiger partial charge on any atom is -0.497 e. The van der Waals surface area contributed by atoms with Gasteiger partial charge in [-0.25, -0.2) is 0 Å². The number of ether oxygens (including phenoxy) is 1. The molecule has 2 rings (SSSR count). The molecular formula is C24H34N3O3+. The maximum atomic E-state index is 12.6. The molecule has 6 nitrogen and oxygen atoms in total. The number of likely N-dealkylation sites (N-methyl/N-ethyl adjacent to an activating group) is 1. The lowest BCUT2D eigenvalue weighted by Crippen LogP contribution is -2.88. The molecule has 30 heavy (non-hydrogen) atoms. The van der Waals surface area contributed by atoms with Crippen LogP contribution < -0.4 is 15.4 Å². The number of amides is 2. The van der Waals surface area contributed by atoms with E-state index >= 15 is 0 Å². The fraction of sp³-hybridized carbons (Fsp3) is 0.417. The first-order chi connectivity index (χ1) is 14.3. The Morgan fingerprint density at radius 2 is 1.83 bits per heavy atom. The number of aryl methyl sites for hydroxylation is 1. The Balaban J connectivity index is 1.89. The average molecular weight is 413 g/mol. The van der Waals surface area contributed by atoms with Crippen LogP contribution in [0.2, 0.25) is 0 Å². The summed E-state index contributed by atoms with van der Waals surface area (Å²) in [6.45, 7) is 6.75. The molecule has 0 aromatic heterocycles. The highest BCUT2D eigenvalue weighted by molar-refractivity contribution is 5.94. The second-order valence-corrected chi connectivity index (χ2v) is 7.83. The van der Waals surface area contributed by atoms with E-state index in [2.05, 4.69) is 55.7 Å². The molecule has 0 heterocycles. The molecule has 2 aromatic rings. The molecule has 0 aliphatic heterocycles. The summed E-state index contributed by atoms with van der Waals surface area (Å²) >= 11 is 0. The summed E-state index contributed by atoms with van der Waals surface area (Å²) in [5, 5.41) is 4.86. The van der Waals surface area contributed by atoms with E-state index in [1.165, 1.54) is 16.0 Å². The molecule has 0 spiro atoms. The Morgan fingerprint density at radius 1 is 1.13 bits per heavy atom. The molecule has 0 unspecified atom stereocenters. The zero-order valence-electron chi connectivity index (χ0n) is 18.6. The van der Waals surface area contributed by atoms with Crippen LogP contribution in [0.25, 0.3) is 0 Å². The summed E-state index contributed by atoms with van der Waals surface area (Å²) in [4.78, 5) is 26.3. The molecule has 162 valence electrons.